The van der Waals surface area contributed by atoms with Gasteiger partial charge in [0, 0.05) is 13.1 Å². The van der Waals surface area contributed by atoms with E-state index in [9.17, 15) is 23.1 Å². The summed E-state index contributed by atoms with van der Waals surface area (Å²) in [7, 11) is -3.81. The summed E-state index contributed by atoms with van der Waals surface area (Å²) in [6.45, 7) is 16.9. The maximum atomic E-state index is 14.5. The lowest BCUT2D eigenvalue weighted by atomic mass is 9.36. The highest BCUT2D eigenvalue weighted by Crippen LogP contribution is 2.73. The number of benzene rings is 2. The number of allylic oxidation sites excluding steroid dienone is 1. The molecular formula is C45H62N2O6S. The predicted molar refractivity (Wildman–Crippen MR) is 211 cm³/mol. The minimum Gasteiger partial charge on any atom is -0.478 e. The number of hydrogen-bond acceptors (Lipinski definition) is 5. The van der Waals surface area contributed by atoms with Crippen molar-refractivity contribution in [2.45, 2.75) is 123 Å². The topological polar surface area (TPSA) is 133 Å². The molecule has 0 heterocycles. The van der Waals surface area contributed by atoms with Crippen LogP contribution < -0.4 is 10.0 Å². The van der Waals surface area contributed by atoms with Crippen molar-refractivity contribution in [3.63, 3.8) is 0 Å². The molecule has 54 heavy (non-hydrogen) atoms. The van der Waals surface area contributed by atoms with E-state index in [0.717, 1.165) is 44.1 Å². The van der Waals surface area contributed by atoms with Crippen LogP contribution in [0.4, 0.5) is 0 Å². The van der Waals surface area contributed by atoms with Gasteiger partial charge in [0.05, 0.1) is 22.0 Å². The van der Waals surface area contributed by atoms with Crippen LogP contribution in [0.5, 0.6) is 0 Å². The van der Waals surface area contributed by atoms with Crippen LogP contribution in [0.1, 0.15) is 120 Å². The molecule has 10 unspecified atom stereocenters. The second kappa shape index (κ2) is 14.2. The van der Waals surface area contributed by atoms with Gasteiger partial charge in [-0.1, -0.05) is 64.1 Å². The third-order valence-corrected chi connectivity index (χ3v) is 17.6. The second-order valence-corrected chi connectivity index (χ2v) is 20.8. The summed E-state index contributed by atoms with van der Waals surface area (Å²) in [6, 6.07) is 13.0. The molecule has 9 heteroatoms. The second-order valence-electron chi connectivity index (χ2n) is 19.1. The number of carboxylic acid groups (broad SMARTS) is 1. The minimum absolute atomic E-state index is 0.0424. The van der Waals surface area contributed by atoms with Crippen molar-refractivity contribution in [2.75, 3.05) is 6.54 Å². The average molecular weight is 759 g/mol. The Kier molecular flexibility index (Phi) is 10.3. The van der Waals surface area contributed by atoms with Crippen LogP contribution in [0.25, 0.3) is 0 Å². The van der Waals surface area contributed by atoms with E-state index in [1.165, 1.54) is 43.4 Å². The lowest BCUT2D eigenvalue weighted by Crippen LogP contribution is -2.64. The van der Waals surface area contributed by atoms with Gasteiger partial charge in [-0.25, -0.2) is 17.9 Å². The van der Waals surface area contributed by atoms with Crippen LogP contribution in [0.2, 0.25) is 0 Å². The summed E-state index contributed by atoms with van der Waals surface area (Å²) < 4.78 is 29.0. The van der Waals surface area contributed by atoms with Crippen LogP contribution in [-0.2, 0) is 27.8 Å². The largest absolute Gasteiger partial charge is 0.478 e. The van der Waals surface area contributed by atoms with Crippen molar-refractivity contribution >= 4 is 21.9 Å². The van der Waals surface area contributed by atoms with Crippen LogP contribution in [0.3, 0.4) is 0 Å². The van der Waals surface area contributed by atoms with Crippen molar-refractivity contribution in [3.05, 3.63) is 77.4 Å². The molecule has 7 rings (SSSR count). The number of hydrogen-bond donors (Lipinski definition) is 4. The monoisotopic (exact) mass is 758 g/mol. The van der Waals surface area contributed by atoms with E-state index in [1.54, 1.807) is 30.3 Å². The third kappa shape index (κ3) is 6.48. The number of amides is 1. The SMILES string of the molecule is C=C(C)C1CCC2(C(=O)NCCc3cccc(S(=O)(=O)NCc4ccc(C(=O)O)cc4)c3)CCC3C(CCC4C3(C)CCC3C(C)(C)C(O)CCC34C)C12. The predicted octanol–water partition coefficient (Wildman–Crippen LogP) is 8.15. The Labute approximate surface area is 323 Å². The number of carboxylic acids is 1. The fraction of sp³-hybridized carbons (Fsp3) is 0.644. The van der Waals surface area contributed by atoms with E-state index in [4.69, 9.17) is 5.11 Å². The van der Waals surface area contributed by atoms with Crippen molar-refractivity contribution in [2.24, 2.45) is 57.2 Å². The first-order valence-corrected chi connectivity index (χ1v) is 21.9. The molecule has 5 fully saturated rings. The van der Waals surface area contributed by atoms with E-state index in [-0.39, 0.29) is 45.3 Å². The molecule has 0 radical (unpaired) electrons. The van der Waals surface area contributed by atoms with Crippen molar-refractivity contribution in [3.8, 4) is 0 Å². The molecule has 0 aromatic heterocycles. The molecule has 4 N–H and O–H groups in total. The lowest BCUT2D eigenvalue weighted by molar-refractivity contribution is -0.216. The van der Waals surface area contributed by atoms with Crippen molar-refractivity contribution in [1.29, 1.82) is 0 Å². The van der Waals surface area contributed by atoms with Gasteiger partial charge < -0.3 is 15.5 Å². The Bertz CT molecular complexity index is 1890. The van der Waals surface area contributed by atoms with E-state index in [2.05, 4.69) is 51.2 Å². The highest BCUT2D eigenvalue weighted by Gasteiger charge is 2.68. The smallest absolute Gasteiger partial charge is 0.335 e. The lowest BCUT2D eigenvalue weighted by Gasteiger charge is -2.69. The number of carbonyl (C=O) groups excluding carboxylic acids is 1. The Morgan fingerprint density at radius 3 is 2.26 bits per heavy atom. The average Bonchev–Trinajstić information content (AvgIpc) is 3.55. The molecule has 1 amide bonds. The fourth-order valence-electron chi connectivity index (χ4n) is 13.6. The van der Waals surface area contributed by atoms with Gasteiger partial charge in [0.1, 0.15) is 0 Å². The van der Waals surface area contributed by atoms with Crippen LogP contribution in [0.15, 0.2) is 65.6 Å². The first-order chi connectivity index (χ1) is 25.4. The summed E-state index contributed by atoms with van der Waals surface area (Å²) in [5.41, 5.74) is 2.87. The Morgan fingerprint density at radius 2 is 1.56 bits per heavy atom. The first-order valence-electron chi connectivity index (χ1n) is 20.5. The minimum atomic E-state index is -3.81. The molecule has 5 aliphatic rings. The summed E-state index contributed by atoms with van der Waals surface area (Å²) in [6.07, 6.45) is 11.0. The molecule has 2 aromatic rings. The third-order valence-electron chi connectivity index (χ3n) is 16.2. The summed E-state index contributed by atoms with van der Waals surface area (Å²) in [4.78, 5) is 25.8. The maximum absolute atomic E-state index is 14.5. The molecule has 294 valence electrons. The number of aliphatic hydroxyl groups is 1. The molecular weight excluding hydrogens is 697 g/mol. The number of nitrogens with one attached hydrogen (secondary N) is 2. The van der Waals surface area contributed by atoms with Gasteiger partial charge in [-0.15, -0.1) is 0 Å². The quantitative estimate of drug-likeness (QED) is 0.181. The van der Waals surface area contributed by atoms with E-state index >= 15 is 0 Å². The molecule has 5 saturated carbocycles. The van der Waals surface area contributed by atoms with Gasteiger partial charge in [-0.3, -0.25) is 4.79 Å². The number of aliphatic hydroxyl groups excluding tert-OH is 1. The van der Waals surface area contributed by atoms with E-state index in [0.29, 0.717) is 54.0 Å². The fourth-order valence-corrected chi connectivity index (χ4v) is 14.7. The molecule has 5 aliphatic carbocycles. The van der Waals surface area contributed by atoms with Gasteiger partial charge in [-0.05, 0) is 165 Å². The molecule has 0 aliphatic heterocycles. The Hall–Kier alpha value is -3.01. The first kappa shape index (κ1) is 39.2. The normalized spacial score (nSPS) is 36.9. The molecule has 10 atom stereocenters. The standard InChI is InChI=1S/C45H62N2O6S/c1-28(2)33-16-23-45(24-17-35-34(39(33)45)14-15-37-43(35,5)21-18-36-42(3,4)38(48)19-22-44(36,37)6)41(51)46-25-20-29-8-7-9-32(26-29)54(52,53)47-27-30-10-12-31(13-11-30)40(49)50/h7-13,26,33-39,47-48H,1,14-25,27H2,2-6H3,(H,46,51)(H,49,50). The summed E-state index contributed by atoms with van der Waals surface area (Å²) in [5, 5.41) is 23.6. The van der Waals surface area contributed by atoms with Gasteiger partial charge in [0.25, 0.3) is 0 Å². The van der Waals surface area contributed by atoms with Gasteiger partial charge in [-0.2, -0.15) is 0 Å². The summed E-state index contributed by atoms with van der Waals surface area (Å²) in [5.74, 6) is 2.05. The zero-order valence-electron chi connectivity index (χ0n) is 33.0. The van der Waals surface area contributed by atoms with E-state index < -0.39 is 21.4 Å². The summed E-state index contributed by atoms with van der Waals surface area (Å²) >= 11 is 0. The maximum Gasteiger partial charge on any atom is 0.335 e. The zero-order chi connectivity index (χ0) is 38.8. The number of carbonyl (C=O) groups is 2. The molecule has 2 aromatic carbocycles. The van der Waals surface area contributed by atoms with Gasteiger partial charge in [0.15, 0.2) is 0 Å². The van der Waals surface area contributed by atoms with E-state index in [1.807, 2.05) is 6.07 Å². The Morgan fingerprint density at radius 1 is 0.852 bits per heavy atom. The van der Waals surface area contributed by atoms with Gasteiger partial charge in [0.2, 0.25) is 15.9 Å². The zero-order valence-corrected chi connectivity index (χ0v) is 33.8. The molecule has 0 bridgehead atoms. The van der Waals surface area contributed by atoms with Gasteiger partial charge >= 0.3 is 5.97 Å². The van der Waals surface area contributed by atoms with Crippen LogP contribution in [0, 0.1) is 57.2 Å². The van der Waals surface area contributed by atoms with Crippen molar-refractivity contribution in [1.82, 2.24) is 10.0 Å². The molecule has 8 nitrogen and oxygen atoms in total. The number of fused-ring (bicyclic) bond motifs is 7. The molecule has 0 saturated heterocycles. The van der Waals surface area contributed by atoms with Crippen molar-refractivity contribution < 1.29 is 28.2 Å². The highest BCUT2D eigenvalue weighted by atomic mass is 32.2. The molecule has 0 spiro atoms. The number of aromatic carboxylic acids is 1. The van der Waals surface area contributed by atoms with Crippen LogP contribution in [-0.4, -0.2) is 43.2 Å². The number of rotatable bonds is 10. The van der Waals surface area contributed by atoms with Crippen LogP contribution >= 0.6 is 0 Å². The Balaban J connectivity index is 1.03. The highest BCUT2D eigenvalue weighted by molar-refractivity contribution is 7.89. The number of sulfonamides is 1.